The second-order valence-electron chi connectivity index (χ2n) is 3.48. The minimum absolute atomic E-state index is 0.198. The van der Waals surface area contributed by atoms with E-state index in [0.29, 0.717) is 0 Å². The number of carbonyl (C=O) groups is 1. The quantitative estimate of drug-likeness (QED) is 0.856. The number of rotatable bonds is 2. The van der Waals surface area contributed by atoms with Gasteiger partial charge < -0.3 is 14.4 Å². The molecule has 1 aromatic heterocycles. The van der Waals surface area contributed by atoms with Crippen LogP contribution in [0.2, 0.25) is 0 Å². The maximum Gasteiger partial charge on any atom is 0.455 e. The van der Waals surface area contributed by atoms with Gasteiger partial charge in [0.25, 0.3) is 11.7 Å². The Balaban J connectivity index is 2.10. The van der Waals surface area contributed by atoms with Crippen molar-refractivity contribution in [3.63, 3.8) is 0 Å². The first-order valence-electron chi connectivity index (χ1n) is 4.67. The van der Waals surface area contributed by atoms with Gasteiger partial charge in [0, 0.05) is 0 Å². The average molecular weight is 252 g/mol. The monoisotopic (exact) mass is 252 g/mol. The minimum atomic E-state index is -4.69. The third-order valence-corrected chi connectivity index (χ3v) is 2.27. The van der Waals surface area contributed by atoms with E-state index in [0.717, 1.165) is 0 Å². The zero-order chi connectivity index (χ0) is 12.6. The van der Waals surface area contributed by atoms with Gasteiger partial charge in [-0.15, -0.1) is 0 Å². The van der Waals surface area contributed by atoms with Crippen LogP contribution in [0.4, 0.5) is 13.2 Å². The lowest BCUT2D eigenvalue weighted by Gasteiger charge is -2.05. The normalized spacial score (nSPS) is 25.1. The van der Waals surface area contributed by atoms with Crippen LogP contribution in [0.25, 0.3) is 0 Å². The molecule has 0 aliphatic carbocycles. The Hall–Kier alpha value is -1.64. The summed E-state index contributed by atoms with van der Waals surface area (Å²) in [6.07, 6.45) is -6.19. The van der Waals surface area contributed by atoms with Gasteiger partial charge in [-0.3, -0.25) is 0 Å². The third-order valence-electron chi connectivity index (χ3n) is 2.27. The van der Waals surface area contributed by atoms with Gasteiger partial charge in [0.15, 0.2) is 6.10 Å². The van der Waals surface area contributed by atoms with Crippen LogP contribution in [0, 0.1) is 0 Å². The summed E-state index contributed by atoms with van der Waals surface area (Å²) in [6.45, 7) is 0. The molecule has 0 bridgehead atoms. The Bertz CT molecular complexity index is 431. The first-order chi connectivity index (χ1) is 7.88. The molecule has 2 atom stereocenters. The Morgan fingerprint density at radius 3 is 2.59 bits per heavy atom. The van der Waals surface area contributed by atoms with Crippen LogP contribution in [0.5, 0.6) is 0 Å². The average Bonchev–Trinajstić information content (AvgIpc) is 2.85. The molecular weight excluding hydrogens is 245 g/mol. The number of carboxylic acids is 1. The largest absolute Gasteiger partial charge is 0.479 e. The molecule has 1 aromatic rings. The Kier molecular flexibility index (Phi) is 2.77. The van der Waals surface area contributed by atoms with E-state index in [-0.39, 0.29) is 18.7 Å². The molecule has 6 nitrogen and oxygen atoms in total. The SMILES string of the molecule is O=C(O)C1CCC(c2nc(C(F)(F)F)no2)O1. The molecule has 2 unspecified atom stereocenters. The molecule has 0 spiro atoms. The molecule has 9 heteroatoms. The van der Waals surface area contributed by atoms with Gasteiger partial charge in [-0.25, -0.2) is 4.79 Å². The number of hydrogen-bond acceptors (Lipinski definition) is 5. The lowest BCUT2D eigenvalue weighted by atomic mass is 10.2. The minimum Gasteiger partial charge on any atom is -0.479 e. The van der Waals surface area contributed by atoms with Crippen LogP contribution in [-0.4, -0.2) is 27.3 Å². The molecule has 94 valence electrons. The third kappa shape index (κ3) is 2.38. The fraction of sp³-hybridized carbons (Fsp3) is 0.625. The second-order valence-corrected chi connectivity index (χ2v) is 3.48. The van der Waals surface area contributed by atoms with Crippen molar-refractivity contribution in [3.8, 4) is 0 Å². The molecule has 0 amide bonds. The zero-order valence-corrected chi connectivity index (χ0v) is 8.27. The van der Waals surface area contributed by atoms with E-state index in [1.54, 1.807) is 0 Å². The topological polar surface area (TPSA) is 85.5 Å². The predicted molar refractivity (Wildman–Crippen MR) is 43.8 cm³/mol. The highest BCUT2D eigenvalue weighted by Gasteiger charge is 2.40. The fourth-order valence-electron chi connectivity index (χ4n) is 1.48. The summed E-state index contributed by atoms with van der Waals surface area (Å²) >= 11 is 0. The van der Waals surface area contributed by atoms with E-state index in [4.69, 9.17) is 9.84 Å². The molecule has 1 aliphatic rings. The highest BCUT2D eigenvalue weighted by Crippen LogP contribution is 2.34. The van der Waals surface area contributed by atoms with Gasteiger partial charge in [-0.05, 0) is 12.8 Å². The van der Waals surface area contributed by atoms with E-state index in [1.165, 1.54) is 0 Å². The molecular formula is C8H7F3N2O4. The maximum atomic E-state index is 12.2. The van der Waals surface area contributed by atoms with E-state index in [9.17, 15) is 18.0 Å². The fourth-order valence-corrected chi connectivity index (χ4v) is 1.48. The zero-order valence-electron chi connectivity index (χ0n) is 8.27. The summed E-state index contributed by atoms with van der Waals surface area (Å²) < 4.78 is 45.9. The Morgan fingerprint density at radius 2 is 2.12 bits per heavy atom. The number of aromatic nitrogens is 2. The van der Waals surface area contributed by atoms with Crippen LogP contribution < -0.4 is 0 Å². The van der Waals surface area contributed by atoms with Gasteiger partial charge in [-0.1, -0.05) is 5.16 Å². The number of ether oxygens (including phenoxy) is 1. The summed E-state index contributed by atoms with van der Waals surface area (Å²) in [7, 11) is 0. The van der Waals surface area contributed by atoms with Crippen molar-refractivity contribution in [1.82, 2.24) is 10.1 Å². The van der Waals surface area contributed by atoms with Crippen molar-refractivity contribution >= 4 is 5.97 Å². The van der Waals surface area contributed by atoms with Crippen molar-refractivity contribution in [2.45, 2.75) is 31.2 Å². The number of alkyl halides is 3. The molecule has 0 saturated carbocycles. The van der Waals surface area contributed by atoms with E-state index in [2.05, 4.69) is 14.7 Å². The van der Waals surface area contributed by atoms with Crippen molar-refractivity contribution in [3.05, 3.63) is 11.7 Å². The van der Waals surface area contributed by atoms with Gasteiger partial charge in [-0.2, -0.15) is 18.2 Å². The van der Waals surface area contributed by atoms with Crippen LogP contribution in [0.1, 0.15) is 30.7 Å². The molecule has 0 aromatic carbocycles. The summed E-state index contributed by atoms with van der Waals surface area (Å²) in [4.78, 5) is 13.7. The van der Waals surface area contributed by atoms with Gasteiger partial charge in [0.1, 0.15) is 6.10 Å². The van der Waals surface area contributed by atoms with Crippen molar-refractivity contribution in [2.24, 2.45) is 0 Å². The van der Waals surface area contributed by atoms with Gasteiger partial charge in [0.2, 0.25) is 0 Å². The predicted octanol–water partition coefficient (Wildman–Crippen LogP) is 1.39. The second kappa shape index (κ2) is 3.99. The summed E-state index contributed by atoms with van der Waals surface area (Å²) in [5, 5.41) is 11.4. The van der Waals surface area contributed by atoms with E-state index in [1.807, 2.05) is 0 Å². The first-order valence-corrected chi connectivity index (χ1v) is 4.67. The molecule has 2 rings (SSSR count). The van der Waals surface area contributed by atoms with Gasteiger partial charge in [0.05, 0.1) is 0 Å². The summed E-state index contributed by atoms with van der Waals surface area (Å²) in [5.74, 6) is -2.90. The first kappa shape index (κ1) is 11.8. The summed E-state index contributed by atoms with van der Waals surface area (Å²) in [6, 6.07) is 0. The van der Waals surface area contributed by atoms with Crippen LogP contribution >= 0.6 is 0 Å². The van der Waals surface area contributed by atoms with E-state index < -0.39 is 30.2 Å². The van der Waals surface area contributed by atoms with Crippen LogP contribution in [0.15, 0.2) is 4.52 Å². The highest BCUT2D eigenvalue weighted by molar-refractivity contribution is 5.72. The Labute approximate surface area is 92.4 Å². The van der Waals surface area contributed by atoms with Crippen molar-refractivity contribution < 1.29 is 32.3 Å². The summed E-state index contributed by atoms with van der Waals surface area (Å²) in [5.41, 5.74) is 0. The molecule has 17 heavy (non-hydrogen) atoms. The molecule has 0 radical (unpaired) electrons. The van der Waals surface area contributed by atoms with E-state index >= 15 is 0 Å². The smallest absolute Gasteiger partial charge is 0.455 e. The lowest BCUT2D eigenvalue weighted by Crippen LogP contribution is -2.18. The number of hydrogen-bond donors (Lipinski definition) is 1. The number of halogens is 3. The van der Waals surface area contributed by atoms with Crippen molar-refractivity contribution in [2.75, 3.05) is 0 Å². The van der Waals surface area contributed by atoms with Crippen molar-refractivity contribution in [1.29, 1.82) is 0 Å². The Morgan fingerprint density at radius 1 is 1.41 bits per heavy atom. The van der Waals surface area contributed by atoms with Crippen LogP contribution in [-0.2, 0) is 15.7 Å². The van der Waals surface area contributed by atoms with Gasteiger partial charge >= 0.3 is 12.1 Å². The number of nitrogens with zero attached hydrogens (tertiary/aromatic N) is 2. The molecule has 2 heterocycles. The molecule has 1 fully saturated rings. The lowest BCUT2D eigenvalue weighted by molar-refractivity contribution is -0.150. The number of aliphatic carboxylic acids is 1. The molecule has 1 N–H and O–H groups in total. The van der Waals surface area contributed by atoms with Crippen LogP contribution in [0.3, 0.4) is 0 Å². The molecule has 1 saturated heterocycles. The highest BCUT2D eigenvalue weighted by atomic mass is 19.4. The molecule has 1 aliphatic heterocycles. The standard InChI is InChI=1S/C8H7F3N2O4/c9-8(10,11)7-12-5(17-13-7)3-1-2-4(16-3)6(14)15/h3-4H,1-2H2,(H,14,15). The maximum absolute atomic E-state index is 12.2. The number of carboxylic acid groups (broad SMARTS) is 1.